The van der Waals surface area contributed by atoms with Gasteiger partial charge in [-0.1, -0.05) is 43.9 Å². The zero-order chi connectivity index (χ0) is 14.5. The Kier molecular flexibility index (Phi) is 4.84. The molecule has 0 radical (unpaired) electrons. The fourth-order valence-corrected chi connectivity index (χ4v) is 4.18. The van der Waals surface area contributed by atoms with E-state index in [1.54, 1.807) is 0 Å². The molecular weight excluding hydrogens is 258 g/mol. The molecule has 1 N–H and O–H groups in total. The van der Waals surface area contributed by atoms with E-state index in [-0.39, 0.29) is 5.41 Å². The monoisotopic (exact) mass is 287 g/mol. The van der Waals surface area contributed by atoms with Gasteiger partial charge in [0.05, 0.1) is 6.61 Å². The number of para-hydroxylation sites is 1. The van der Waals surface area contributed by atoms with Crippen molar-refractivity contribution in [3.05, 3.63) is 29.8 Å². The van der Waals surface area contributed by atoms with E-state index in [1.807, 2.05) is 0 Å². The van der Waals surface area contributed by atoms with Crippen LogP contribution in [0.1, 0.15) is 56.9 Å². The fraction of sp³-hybridized carbons (Fsp3) is 0.684. The molecule has 1 saturated carbocycles. The summed E-state index contributed by atoms with van der Waals surface area (Å²) in [6.45, 7) is 2.55. The van der Waals surface area contributed by atoms with Gasteiger partial charge < -0.3 is 10.0 Å². The first-order valence-electron chi connectivity index (χ1n) is 8.77. The van der Waals surface area contributed by atoms with E-state index >= 15 is 0 Å². The maximum atomic E-state index is 10.1. The Morgan fingerprint density at radius 3 is 2.48 bits per heavy atom. The topological polar surface area (TPSA) is 23.5 Å². The second-order valence-corrected chi connectivity index (χ2v) is 7.08. The van der Waals surface area contributed by atoms with Crippen molar-refractivity contribution in [2.24, 2.45) is 5.41 Å². The van der Waals surface area contributed by atoms with Crippen LogP contribution in [0.3, 0.4) is 0 Å². The second kappa shape index (κ2) is 6.83. The van der Waals surface area contributed by atoms with Crippen molar-refractivity contribution in [2.75, 3.05) is 24.6 Å². The molecule has 1 aliphatic carbocycles. The summed E-state index contributed by atoms with van der Waals surface area (Å²) >= 11 is 0. The first kappa shape index (κ1) is 14.9. The summed E-state index contributed by atoms with van der Waals surface area (Å²) in [5.41, 5.74) is 3.05. The van der Waals surface area contributed by atoms with Crippen molar-refractivity contribution in [3.63, 3.8) is 0 Å². The highest BCUT2D eigenvalue weighted by atomic mass is 16.3. The number of anilines is 1. The van der Waals surface area contributed by atoms with Gasteiger partial charge in [-0.25, -0.2) is 0 Å². The van der Waals surface area contributed by atoms with Gasteiger partial charge in [0.15, 0.2) is 0 Å². The average molecular weight is 287 g/mol. The van der Waals surface area contributed by atoms with Crippen molar-refractivity contribution in [3.8, 4) is 0 Å². The summed E-state index contributed by atoms with van der Waals surface area (Å²) in [5, 5.41) is 10.1. The number of hydrogen-bond acceptors (Lipinski definition) is 2. The third-order valence-corrected chi connectivity index (χ3v) is 5.48. The number of hydrogen-bond donors (Lipinski definition) is 1. The van der Waals surface area contributed by atoms with Gasteiger partial charge in [-0.2, -0.15) is 0 Å². The van der Waals surface area contributed by atoms with Crippen LogP contribution < -0.4 is 4.90 Å². The SMILES string of the molecule is OCC1(CN2CCCCc3ccccc32)CCCCCC1. The second-order valence-electron chi connectivity index (χ2n) is 7.08. The molecule has 1 aliphatic heterocycles. The zero-order valence-corrected chi connectivity index (χ0v) is 13.2. The standard InChI is InChI=1S/C19H29NO/c21-16-19(12-6-1-2-7-13-19)15-20-14-8-5-10-17-9-3-4-11-18(17)20/h3-4,9,11,21H,1-2,5-8,10,12-16H2. The maximum absolute atomic E-state index is 10.1. The van der Waals surface area contributed by atoms with E-state index < -0.39 is 0 Å². The lowest BCUT2D eigenvalue weighted by Gasteiger charge is -2.38. The molecule has 0 amide bonds. The van der Waals surface area contributed by atoms with Gasteiger partial charge in [0.2, 0.25) is 0 Å². The molecule has 3 rings (SSSR count). The Labute approximate surface area is 129 Å². The number of aliphatic hydroxyl groups excluding tert-OH is 1. The summed E-state index contributed by atoms with van der Waals surface area (Å²) in [7, 11) is 0. The molecule has 1 fully saturated rings. The van der Waals surface area contributed by atoms with E-state index in [1.165, 1.54) is 69.0 Å². The van der Waals surface area contributed by atoms with E-state index in [4.69, 9.17) is 0 Å². The molecular formula is C19H29NO. The third-order valence-electron chi connectivity index (χ3n) is 5.48. The summed E-state index contributed by atoms with van der Waals surface area (Å²) in [4.78, 5) is 2.57. The van der Waals surface area contributed by atoms with Gasteiger partial charge in [0.1, 0.15) is 0 Å². The number of aliphatic hydroxyl groups is 1. The van der Waals surface area contributed by atoms with Gasteiger partial charge in [-0.15, -0.1) is 0 Å². The van der Waals surface area contributed by atoms with E-state index in [2.05, 4.69) is 29.2 Å². The Balaban J connectivity index is 1.82. The molecule has 0 aromatic heterocycles. The fourth-order valence-electron chi connectivity index (χ4n) is 4.18. The van der Waals surface area contributed by atoms with Crippen LogP contribution in [0.4, 0.5) is 5.69 Å². The molecule has 1 heterocycles. The van der Waals surface area contributed by atoms with Gasteiger partial charge >= 0.3 is 0 Å². The molecule has 0 atom stereocenters. The van der Waals surface area contributed by atoms with Gasteiger partial charge in [-0.05, 0) is 43.7 Å². The van der Waals surface area contributed by atoms with Crippen molar-refractivity contribution in [1.29, 1.82) is 0 Å². The molecule has 2 heteroatoms. The lowest BCUT2D eigenvalue weighted by molar-refractivity contribution is 0.112. The van der Waals surface area contributed by atoms with Gasteiger partial charge in [-0.3, -0.25) is 0 Å². The highest BCUT2D eigenvalue weighted by molar-refractivity contribution is 5.54. The maximum Gasteiger partial charge on any atom is 0.0504 e. The number of aryl methyl sites for hydroxylation is 1. The molecule has 0 spiro atoms. The molecule has 116 valence electrons. The number of fused-ring (bicyclic) bond motifs is 1. The minimum atomic E-state index is 0.133. The minimum absolute atomic E-state index is 0.133. The molecule has 1 aromatic rings. The van der Waals surface area contributed by atoms with Gasteiger partial charge in [0, 0.05) is 24.2 Å². The lowest BCUT2D eigenvalue weighted by atomic mass is 9.80. The van der Waals surface area contributed by atoms with E-state index in [0.717, 1.165) is 13.1 Å². The van der Waals surface area contributed by atoms with Crippen LogP contribution in [0.2, 0.25) is 0 Å². The van der Waals surface area contributed by atoms with E-state index in [9.17, 15) is 5.11 Å². The Morgan fingerprint density at radius 2 is 1.71 bits per heavy atom. The largest absolute Gasteiger partial charge is 0.396 e. The summed E-state index contributed by atoms with van der Waals surface area (Å²) in [6.07, 6.45) is 11.4. The molecule has 2 nitrogen and oxygen atoms in total. The average Bonchev–Trinajstić information content (AvgIpc) is 2.87. The highest BCUT2D eigenvalue weighted by Gasteiger charge is 2.33. The molecule has 2 aliphatic rings. The van der Waals surface area contributed by atoms with Crippen LogP contribution >= 0.6 is 0 Å². The van der Waals surface area contributed by atoms with Crippen molar-refractivity contribution >= 4 is 5.69 Å². The first-order chi connectivity index (χ1) is 10.3. The number of rotatable bonds is 3. The van der Waals surface area contributed by atoms with Crippen molar-refractivity contribution in [1.82, 2.24) is 0 Å². The lowest BCUT2D eigenvalue weighted by Crippen LogP contribution is -2.40. The predicted molar refractivity (Wildman–Crippen MR) is 88.8 cm³/mol. The minimum Gasteiger partial charge on any atom is -0.396 e. The predicted octanol–water partition coefficient (Wildman–Crippen LogP) is 4.16. The summed E-state index contributed by atoms with van der Waals surface area (Å²) in [5.74, 6) is 0. The number of benzene rings is 1. The Morgan fingerprint density at radius 1 is 0.952 bits per heavy atom. The van der Waals surface area contributed by atoms with Crippen LogP contribution in [0.25, 0.3) is 0 Å². The smallest absolute Gasteiger partial charge is 0.0504 e. The van der Waals surface area contributed by atoms with Crippen LogP contribution in [-0.2, 0) is 6.42 Å². The summed E-state index contributed by atoms with van der Waals surface area (Å²) < 4.78 is 0. The van der Waals surface area contributed by atoms with E-state index in [0.29, 0.717) is 6.61 Å². The molecule has 1 aromatic carbocycles. The van der Waals surface area contributed by atoms with Crippen LogP contribution in [0, 0.1) is 5.41 Å². The quantitative estimate of drug-likeness (QED) is 0.844. The van der Waals surface area contributed by atoms with Crippen LogP contribution in [0.15, 0.2) is 24.3 Å². The highest BCUT2D eigenvalue weighted by Crippen LogP contribution is 2.38. The first-order valence-corrected chi connectivity index (χ1v) is 8.77. The molecule has 0 saturated heterocycles. The zero-order valence-electron chi connectivity index (χ0n) is 13.2. The van der Waals surface area contributed by atoms with Crippen molar-refractivity contribution in [2.45, 2.75) is 57.8 Å². The van der Waals surface area contributed by atoms with Crippen molar-refractivity contribution < 1.29 is 5.11 Å². The Bertz CT molecular complexity index is 449. The van der Waals surface area contributed by atoms with Crippen LogP contribution in [0.5, 0.6) is 0 Å². The Hall–Kier alpha value is -1.02. The number of nitrogens with zero attached hydrogens (tertiary/aromatic N) is 1. The molecule has 0 unspecified atom stereocenters. The van der Waals surface area contributed by atoms with Crippen LogP contribution in [-0.4, -0.2) is 24.8 Å². The molecule has 21 heavy (non-hydrogen) atoms. The molecule has 0 bridgehead atoms. The third kappa shape index (κ3) is 3.42. The van der Waals surface area contributed by atoms with Gasteiger partial charge in [0.25, 0.3) is 0 Å². The summed E-state index contributed by atoms with van der Waals surface area (Å²) in [6, 6.07) is 8.89. The normalized spacial score (nSPS) is 22.2.